The molecule has 2 amide bonds. The lowest BCUT2D eigenvalue weighted by Crippen LogP contribution is -2.48. The predicted octanol–water partition coefficient (Wildman–Crippen LogP) is 1.85. The van der Waals surface area contributed by atoms with E-state index in [9.17, 15) is 17.6 Å². The maximum Gasteiger partial charge on any atom is 0.329 e. The first kappa shape index (κ1) is 16.5. The van der Waals surface area contributed by atoms with Crippen LogP contribution in [0.1, 0.15) is 20.8 Å². The van der Waals surface area contributed by atoms with Crippen molar-refractivity contribution in [2.24, 2.45) is 0 Å². The number of nitrogens with one attached hydrogen (secondary N) is 2. The molecule has 1 rings (SSSR count). The molecule has 0 saturated carbocycles. The van der Waals surface area contributed by atoms with Gasteiger partial charge in [-0.15, -0.1) is 0 Å². The third-order valence-corrected chi connectivity index (χ3v) is 3.59. The molecule has 0 heterocycles. The second kappa shape index (κ2) is 5.45. The first-order chi connectivity index (χ1) is 8.92. The van der Waals surface area contributed by atoms with Crippen LogP contribution in [0.4, 0.5) is 14.9 Å². The molecule has 0 fully saturated rings. The monoisotopic (exact) mass is 323 g/mol. The highest BCUT2D eigenvalue weighted by atomic mass is 35.5. The Morgan fingerprint density at radius 3 is 2.40 bits per heavy atom. The molecule has 1 aromatic rings. The molecule has 0 aliphatic heterocycles. The molecule has 0 bridgehead atoms. The number of hydrogen-bond donors (Lipinski definition) is 3. The normalized spacial score (nSPS) is 12.1. The van der Waals surface area contributed by atoms with Crippen LogP contribution in [0, 0.1) is 5.82 Å². The Hall–Kier alpha value is -1.54. The van der Waals surface area contributed by atoms with Crippen LogP contribution in [0.15, 0.2) is 17.0 Å². The number of anilines is 1. The van der Waals surface area contributed by atoms with Crippen molar-refractivity contribution in [3.8, 4) is 0 Å². The van der Waals surface area contributed by atoms with Crippen LogP contribution in [0.3, 0.4) is 0 Å². The van der Waals surface area contributed by atoms with Gasteiger partial charge < -0.3 is 11.1 Å². The van der Waals surface area contributed by atoms with Gasteiger partial charge in [0.1, 0.15) is 4.90 Å². The molecule has 0 aromatic heterocycles. The molecule has 0 saturated heterocycles. The van der Waals surface area contributed by atoms with Gasteiger partial charge in [0.15, 0.2) is 5.82 Å². The Bertz CT molecular complexity index is 641. The minimum absolute atomic E-state index is 0.0551. The van der Waals surface area contributed by atoms with Crippen LogP contribution >= 0.6 is 11.6 Å². The van der Waals surface area contributed by atoms with Gasteiger partial charge in [-0.3, -0.25) is 0 Å². The highest BCUT2D eigenvalue weighted by molar-refractivity contribution is 7.90. The molecular formula is C11H15ClFN3O3S. The minimum atomic E-state index is -4.41. The number of urea groups is 1. The molecule has 9 heteroatoms. The van der Waals surface area contributed by atoms with Gasteiger partial charge in [0, 0.05) is 10.6 Å². The average Bonchev–Trinajstić information content (AvgIpc) is 2.19. The predicted molar refractivity (Wildman–Crippen MR) is 74.4 cm³/mol. The molecule has 0 aliphatic rings. The second-order valence-electron chi connectivity index (χ2n) is 5.12. The summed E-state index contributed by atoms with van der Waals surface area (Å²) in [5, 5.41) is 2.32. The second-order valence-corrected chi connectivity index (χ2v) is 7.20. The van der Waals surface area contributed by atoms with Gasteiger partial charge in [-0.2, -0.15) is 0 Å². The van der Waals surface area contributed by atoms with Gasteiger partial charge >= 0.3 is 6.03 Å². The van der Waals surface area contributed by atoms with E-state index in [4.69, 9.17) is 17.3 Å². The summed E-state index contributed by atoms with van der Waals surface area (Å²) in [4.78, 5) is 10.8. The number of amides is 2. The Labute approximate surface area is 121 Å². The Morgan fingerprint density at radius 2 is 1.90 bits per heavy atom. The summed E-state index contributed by atoms with van der Waals surface area (Å²) in [6.07, 6.45) is 0. The number of nitrogen functional groups attached to an aromatic ring is 1. The summed E-state index contributed by atoms with van der Waals surface area (Å²) in [7, 11) is -4.41. The maximum atomic E-state index is 13.7. The molecule has 0 atom stereocenters. The zero-order chi connectivity index (χ0) is 15.7. The first-order valence-electron chi connectivity index (χ1n) is 5.52. The van der Waals surface area contributed by atoms with Crippen LogP contribution in [0.5, 0.6) is 0 Å². The average molecular weight is 324 g/mol. The van der Waals surface area contributed by atoms with E-state index in [1.54, 1.807) is 25.5 Å². The van der Waals surface area contributed by atoms with Crippen molar-refractivity contribution in [1.29, 1.82) is 0 Å². The quantitative estimate of drug-likeness (QED) is 0.723. The number of halogens is 2. The van der Waals surface area contributed by atoms with E-state index < -0.39 is 38.0 Å². The van der Waals surface area contributed by atoms with Gasteiger partial charge in [0.05, 0.1) is 5.69 Å². The van der Waals surface area contributed by atoms with Crippen LogP contribution in [0.25, 0.3) is 0 Å². The smallest absolute Gasteiger partial charge is 0.329 e. The topological polar surface area (TPSA) is 101 Å². The lowest BCUT2D eigenvalue weighted by atomic mass is 10.1. The van der Waals surface area contributed by atoms with Crippen molar-refractivity contribution in [1.82, 2.24) is 10.0 Å². The molecular weight excluding hydrogens is 309 g/mol. The summed E-state index contributed by atoms with van der Waals surface area (Å²) in [6.45, 7) is 4.99. The van der Waals surface area contributed by atoms with E-state index in [0.717, 1.165) is 12.1 Å². The molecule has 0 radical (unpaired) electrons. The number of carbonyl (C=O) groups excluding carboxylic acids is 1. The van der Waals surface area contributed by atoms with Crippen molar-refractivity contribution in [3.63, 3.8) is 0 Å². The number of carbonyl (C=O) groups is 1. The van der Waals surface area contributed by atoms with E-state index in [1.807, 2.05) is 0 Å². The zero-order valence-corrected chi connectivity index (χ0v) is 12.7. The molecule has 0 aliphatic carbocycles. The number of hydrogen-bond acceptors (Lipinski definition) is 4. The molecule has 20 heavy (non-hydrogen) atoms. The Morgan fingerprint density at radius 1 is 1.35 bits per heavy atom. The van der Waals surface area contributed by atoms with Crippen molar-refractivity contribution in [2.75, 3.05) is 5.73 Å². The Balaban J connectivity index is 3.10. The lowest BCUT2D eigenvalue weighted by molar-refractivity contribution is 0.237. The number of nitrogens with two attached hydrogens (primary N) is 1. The lowest BCUT2D eigenvalue weighted by Gasteiger charge is -2.20. The summed E-state index contributed by atoms with van der Waals surface area (Å²) >= 11 is 5.63. The number of rotatable bonds is 2. The largest absolute Gasteiger partial charge is 0.396 e. The van der Waals surface area contributed by atoms with Crippen molar-refractivity contribution in [3.05, 3.63) is 23.0 Å². The number of benzene rings is 1. The molecule has 0 unspecified atom stereocenters. The fraction of sp³-hybridized carbons (Fsp3) is 0.364. The highest BCUT2D eigenvalue weighted by Crippen LogP contribution is 2.25. The van der Waals surface area contributed by atoms with E-state index in [1.165, 1.54) is 0 Å². The summed E-state index contributed by atoms with van der Waals surface area (Å²) < 4.78 is 39.3. The van der Waals surface area contributed by atoms with E-state index in [2.05, 4.69) is 5.32 Å². The molecule has 6 nitrogen and oxygen atoms in total. The van der Waals surface area contributed by atoms with Gasteiger partial charge in [-0.25, -0.2) is 22.3 Å². The highest BCUT2D eigenvalue weighted by Gasteiger charge is 2.25. The fourth-order valence-corrected chi connectivity index (χ4v) is 2.66. The molecule has 0 spiro atoms. The van der Waals surface area contributed by atoms with E-state index in [0.29, 0.717) is 0 Å². The first-order valence-corrected chi connectivity index (χ1v) is 7.38. The van der Waals surface area contributed by atoms with Crippen molar-refractivity contribution < 1.29 is 17.6 Å². The fourth-order valence-electron chi connectivity index (χ4n) is 1.32. The molecule has 1 aromatic carbocycles. The zero-order valence-electron chi connectivity index (χ0n) is 11.1. The van der Waals surface area contributed by atoms with Gasteiger partial charge in [0.25, 0.3) is 10.0 Å². The minimum Gasteiger partial charge on any atom is -0.396 e. The van der Waals surface area contributed by atoms with Crippen molar-refractivity contribution in [2.45, 2.75) is 31.2 Å². The summed E-state index contributed by atoms with van der Waals surface area (Å²) in [6, 6.07) is 0.973. The van der Waals surface area contributed by atoms with Crippen molar-refractivity contribution >= 4 is 33.3 Å². The summed E-state index contributed by atoms with van der Waals surface area (Å²) in [5.74, 6) is -1.16. The van der Waals surface area contributed by atoms with Crippen LogP contribution in [-0.2, 0) is 10.0 Å². The van der Waals surface area contributed by atoms with Gasteiger partial charge in [-0.05, 0) is 32.9 Å². The third-order valence-electron chi connectivity index (χ3n) is 2.04. The molecule has 112 valence electrons. The van der Waals surface area contributed by atoms with Crippen LogP contribution in [0.2, 0.25) is 5.02 Å². The number of sulfonamides is 1. The third kappa shape index (κ3) is 4.24. The van der Waals surface area contributed by atoms with Gasteiger partial charge in [0.2, 0.25) is 0 Å². The van der Waals surface area contributed by atoms with E-state index in [-0.39, 0.29) is 5.02 Å². The maximum absolute atomic E-state index is 13.7. The standard InChI is InChI=1S/C11H15ClFN3O3S/c1-11(2,3)15-10(17)16-20(18,19)8-5-6(12)4-7(14)9(8)13/h4-5H,14H2,1-3H3,(H2,15,16,17). The van der Waals surface area contributed by atoms with E-state index >= 15 is 0 Å². The van der Waals surface area contributed by atoms with Gasteiger partial charge in [-0.1, -0.05) is 11.6 Å². The van der Waals surface area contributed by atoms with Crippen LogP contribution < -0.4 is 15.8 Å². The SMILES string of the molecule is CC(C)(C)NC(=O)NS(=O)(=O)c1cc(Cl)cc(N)c1F. The molecule has 4 N–H and O–H groups in total. The Kier molecular flexibility index (Phi) is 4.50. The van der Waals surface area contributed by atoms with Crippen LogP contribution in [-0.4, -0.2) is 20.0 Å². The summed E-state index contributed by atoms with van der Waals surface area (Å²) in [5.41, 5.74) is 4.23.